The van der Waals surface area contributed by atoms with E-state index >= 15 is 0 Å². The van der Waals surface area contributed by atoms with Gasteiger partial charge >= 0.3 is 5.97 Å². The monoisotopic (exact) mass is 186 g/mol. The van der Waals surface area contributed by atoms with Crippen LogP contribution in [0.5, 0.6) is 0 Å². The number of aliphatic hydroxyl groups is 1. The number of carbonyl (C=O) groups is 1. The Morgan fingerprint density at radius 3 is 2.31 bits per heavy atom. The van der Waals surface area contributed by atoms with Crippen molar-refractivity contribution in [3.05, 3.63) is 0 Å². The molecule has 1 saturated carbocycles. The minimum atomic E-state index is -0.922. The van der Waals surface area contributed by atoms with E-state index in [1.165, 1.54) is 0 Å². The number of hydrogen-bond donors (Lipinski definition) is 2. The lowest BCUT2D eigenvalue weighted by Gasteiger charge is -2.27. The lowest BCUT2D eigenvalue weighted by molar-refractivity contribution is -0.154. The van der Waals surface area contributed by atoms with Crippen LogP contribution >= 0.6 is 0 Å². The number of rotatable bonds is 2. The predicted octanol–water partition coefficient (Wildman–Crippen LogP) is 1.50. The topological polar surface area (TPSA) is 57.5 Å². The number of aliphatic hydroxyl groups excluding tert-OH is 1. The van der Waals surface area contributed by atoms with E-state index in [1.54, 1.807) is 6.92 Å². The zero-order chi connectivity index (χ0) is 10.2. The first-order valence-electron chi connectivity index (χ1n) is 4.81. The summed E-state index contributed by atoms with van der Waals surface area (Å²) in [6, 6.07) is 0. The Balaban J connectivity index is 2.81. The van der Waals surface area contributed by atoms with E-state index in [0.717, 1.165) is 6.42 Å². The standard InChI is InChI=1S/C10H18O3/c1-6(2)7-4-5-10(3,8(7)11)9(12)13/h6-8,11H,4-5H2,1-3H3,(H,12,13). The molecular formula is C10H18O3. The van der Waals surface area contributed by atoms with Gasteiger partial charge in [-0.2, -0.15) is 0 Å². The summed E-state index contributed by atoms with van der Waals surface area (Å²) in [7, 11) is 0. The maximum absolute atomic E-state index is 10.9. The summed E-state index contributed by atoms with van der Waals surface area (Å²) in [5, 5.41) is 18.9. The van der Waals surface area contributed by atoms with Gasteiger partial charge in [-0.15, -0.1) is 0 Å². The second kappa shape index (κ2) is 3.29. The molecule has 0 amide bonds. The Labute approximate surface area is 78.8 Å². The molecule has 3 heteroatoms. The zero-order valence-corrected chi connectivity index (χ0v) is 8.45. The summed E-state index contributed by atoms with van der Waals surface area (Å²) in [4.78, 5) is 10.9. The summed E-state index contributed by atoms with van der Waals surface area (Å²) >= 11 is 0. The third kappa shape index (κ3) is 1.57. The summed E-state index contributed by atoms with van der Waals surface area (Å²) in [6.07, 6.45) is 0.721. The first-order valence-corrected chi connectivity index (χ1v) is 4.81. The van der Waals surface area contributed by atoms with Gasteiger partial charge in [0.05, 0.1) is 11.5 Å². The highest BCUT2D eigenvalue weighted by Gasteiger charge is 2.50. The molecule has 0 aromatic heterocycles. The lowest BCUT2D eigenvalue weighted by atomic mass is 9.82. The third-order valence-electron chi connectivity index (χ3n) is 3.40. The molecule has 3 atom stereocenters. The summed E-state index contributed by atoms with van der Waals surface area (Å²) in [5.41, 5.74) is -0.922. The van der Waals surface area contributed by atoms with Crippen LogP contribution < -0.4 is 0 Å². The molecule has 0 spiro atoms. The normalized spacial score (nSPS) is 39.8. The molecule has 13 heavy (non-hydrogen) atoms. The van der Waals surface area contributed by atoms with Gasteiger partial charge in [0, 0.05) is 0 Å². The Morgan fingerprint density at radius 1 is 1.54 bits per heavy atom. The minimum Gasteiger partial charge on any atom is -0.481 e. The van der Waals surface area contributed by atoms with Crippen LogP contribution in [0, 0.1) is 17.3 Å². The van der Waals surface area contributed by atoms with Crippen molar-refractivity contribution in [1.29, 1.82) is 0 Å². The predicted molar refractivity (Wildman–Crippen MR) is 49.3 cm³/mol. The average molecular weight is 186 g/mol. The highest BCUT2D eigenvalue weighted by Crippen LogP contribution is 2.44. The summed E-state index contributed by atoms with van der Waals surface area (Å²) < 4.78 is 0. The molecule has 0 radical (unpaired) electrons. The fourth-order valence-electron chi connectivity index (χ4n) is 2.18. The highest BCUT2D eigenvalue weighted by atomic mass is 16.4. The van der Waals surface area contributed by atoms with E-state index in [2.05, 4.69) is 0 Å². The van der Waals surface area contributed by atoms with Gasteiger partial charge in [-0.1, -0.05) is 13.8 Å². The van der Waals surface area contributed by atoms with Crippen LogP contribution in [0.25, 0.3) is 0 Å². The van der Waals surface area contributed by atoms with E-state index in [9.17, 15) is 9.90 Å². The van der Waals surface area contributed by atoms with Crippen LogP contribution in [0.4, 0.5) is 0 Å². The average Bonchev–Trinajstić information content (AvgIpc) is 2.30. The van der Waals surface area contributed by atoms with Crippen molar-refractivity contribution in [3.63, 3.8) is 0 Å². The van der Waals surface area contributed by atoms with Crippen molar-refractivity contribution < 1.29 is 15.0 Å². The van der Waals surface area contributed by atoms with Crippen molar-refractivity contribution in [1.82, 2.24) is 0 Å². The molecule has 1 fully saturated rings. The van der Waals surface area contributed by atoms with Crippen LogP contribution in [-0.4, -0.2) is 22.3 Å². The Morgan fingerprint density at radius 2 is 2.08 bits per heavy atom. The molecular weight excluding hydrogens is 168 g/mol. The van der Waals surface area contributed by atoms with E-state index < -0.39 is 17.5 Å². The number of carboxylic acids is 1. The zero-order valence-electron chi connectivity index (χ0n) is 8.45. The number of aliphatic carboxylic acids is 1. The maximum atomic E-state index is 10.9. The van der Waals surface area contributed by atoms with Crippen molar-refractivity contribution >= 4 is 5.97 Å². The molecule has 76 valence electrons. The smallest absolute Gasteiger partial charge is 0.311 e. The van der Waals surface area contributed by atoms with Gasteiger partial charge in [-0.05, 0) is 31.6 Å². The SMILES string of the molecule is CC(C)C1CCC(C)(C(=O)O)C1O. The number of carboxylic acid groups (broad SMARTS) is 1. The molecule has 3 nitrogen and oxygen atoms in total. The number of hydrogen-bond acceptors (Lipinski definition) is 2. The molecule has 3 unspecified atom stereocenters. The van der Waals surface area contributed by atoms with Crippen molar-refractivity contribution in [2.24, 2.45) is 17.3 Å². The molecule has 2 N–H and O–H groups in total. The second-order valence-electron chi connectivity index (χ2n) is 4.61. The second-order valence-corrected chi connectivity index (χ2v) is 4.61. The Bertz CT molecular complexity index is 212. The van der Waals surface area contributed by atoms with Gasteiger partial charge in [0.25, 0.3) is 0 Å². The van der Waals surface area contributed by atoms with Gasteiger partial charge in [0.15, 0.2) is 0 Å². The first kappa shape index (κ1) is 10.5. The van der Waals surface area contributed by atoms with E-state index in [4.69, 9.17) is 5.11 Å². The molecule has 0 aliphatic heterocycles. The van der Waals surface area contributed by atoms with Gasteiger partial charge in [0.2, 0.25) is 0 Å². The van der Waals surface area contributed by atoms with Gasteiger partial charge in [0.1, 0.15) is 0 Å². The molecule has 0 bridgehead atoms. The van der Waals surface area contributed by atoms with Gasteiger partial charge in [-0.3, -0.25) is 4.79 Å². The van der Waals surface area contributed by atoms with Crippen LogP contribution in [0.15, 0.2) is 0 Å². The highest BCUT2D eigenvalue weighted by molar-refractivity contribution is 5.75. The van der Waals surface area contributed by atoms with E-state index in [0.29, 0.717) is 12.3 Å². The fourth-order valence-corrected chi connectivity index (χ4v) is 2.18. The summed E-state index contributed by atoms with van der Waals surface area (Å²) in [6.45, 7) is 5.70. The quantitative estimate of drug-likeness (QED) is 0.687. The van der Waals surface area contributed by atoms with E-state index in [1.807, 2.05) is 13.8 Å². The Kier molecular flexibility index (Phi) is 2.66. The molecule has 1 aliphatic rings. The van der Waals surface area contributed by atoms with Crippen molar-refractivity contribution in [2.45, 2.75) is 39.7 Å². The summed E-state index contributed by atoms with van der Waals surface area (Å²) in [5.74, 6) is -0.375. The van der Waals surface area contributed by atoms with Crippen LogP contribution in [0.2, 0.25) is 0 Å². The van der Waals surface area contributed by atoms with Crippen LogP contribution in [0.3, 0.4) is 0 Å². The molecule has 0 aromatic carbocycles. The lowest BCUT2D eigenvalue weighted by Crippen LogP contribution is -2.39. The van der Waals surface area contributed by atoms with Crippen LogP contribution in [-0.2, 0) is 4.79 Å². The molecule has 0 aromatic rings. The molecule has 0 saturated heterocycles. The van der Waals surface area contributed by atoms with Gasteiger partial charge < -0.3 is 10.2 Å². The first-order chi connectivity index (χ1) is 5.89. The largest absolute Gasteiger partial charge is 0.481 e. The fraction of sp³-hybridized carbons (Fsp3) is 0.900. The van der Waals surface area contributed by atoms with E-state index in [-0.39, 0.29) is 5.92 Å². The van der Waals surface area contributed by atoms with Crippen molar-refractivity contribution in [2.75, 3.05) is 0 Å². The van der Waals surface area contributed by atoms with Gasteiger partial charge in [-0.25, -0.2) is 0 Å². The molecule has 1 rings (SSSR count). The Hall–Kier alpha value is -0.570. The molecule has 0 heterocycles. The maximum Gasteiger partial charge on any atom is 0.311 e. The van der Waals surface area contributed by atoms with Crippen LogP contribution in [0.1, 0.15) is 33.6 Å². The molecule has 1 aliphatic carbocycles. The minimum absolute atomic E-state index is 0.140. The van der Waals surface area contributed by atoms with Crippen molar-refractivity contribution in [3.8, 4) is 0 Å². The third-order valence-corrected chi connectivity index (χ3v) is 3.40.